The molecule has 0 saturated carbocycles. The molecule has 3 nitrogen and oxygen atoms in total. The smallest absolute Gasteiger partial charge is 0.471 e. The molecule has 0 aliphatic heterocycles. The van der Waals surface area contributed by atoms with Crippen molar-refractivity contribution in [3.63, 3.8) is 0 Å². The van der Waals surface area contributed by atoms with Crippen LogP contribution in [0.4, 0.5) is 13.2 Å². The molecule has 0 aromatic heterocycles. The van der Waals surface area contributed by atoms with Gasteiger partial charge in [0.2, 0.25) is 0 Å². The van der Waals surface area contributed by atoms with Gasteiger partial charge in [-0.25, -0.2) is 0 Å². The summed E-state index contributed by atoms with van der Waals surface area (Å²) in [5.41, 5.74) is 4.10. The third-order valence-electron chi connectivity index (χ3n) is 3.57. The fraction of sp³-hybridized carbons (Fsp3) is 0.400. The number of fused-ring (bicyclic) bond motifs is 1. The first-order valence-corrected chi connectivity index (χ1v) is 6.55. The normalized spacial score (nSPS) is 16.0. The molecule has 21 heavy (non-hydrogen) atoms. The lowest BCUT2D eigenvalue weighted by Crippen LogP contribution is -2.36. The van der Waals surface area contributed by atoms with Crippen LogP contribution in [0, 0.1) is 6.92 Å². The van der Waals surface area contributed by atoms with Crippen LogP contribution in [-0.4, -0.2) is 25.7 Å². The van der Waals surface area contributed by atoms with Gasteiger partial charge in [0, 0.05) is 6.54 Å². The van der Waals surface area contributed by atoms with E-state index in [9.17, 15) is 18.0 Å². The van der Waals surface area contributed by atoms with E-state index in [1.54, 1.807) is 13.2 Å². The fourth-order valence-electron chi connectivity index (χ4n) is 2.59. The predicted octanol–water partition coefficient (Wildman–Crippen LogP) is 3.01. The van der Waals surface area contributed by atoms with Gasteiger partial charge in [0.05, 0.1) is 7.11 Å². The number of amides is 1. The molecule has 0 atom stereocenters. The predicted molar refractivity (Wildman–Crippen MR) is 73.1 cm³/mol. The summed E-state index contributed by atoms with van der Waals surface area (Å²) < 4.78 is 41.6. The van der Waals surface area contributed by atoms with E-state index in [4.69, 9.17) is 4.74 Å². The van der Waals surface area contributed by atoms with E-state index in [0.29, 0.717) is 0 Å². The van der Waals surface area contributed by atoms with E-state index in [1.807, 2.05) is 24.4 Å². The van der Waals surface area contributed by atoms with Gasteiger partial charge in [-0.3, -0.25) is 4.79 Å². The van der Waals surface area contributed by atoms with E-state index in [0.717, 1.165) is 40.9 Å². The molecule has 1 aromatic rings. The third kappa shape index (κ3) is 3.20. The Bertz CT molecular complexity index is 591. The maximum absolute atomic E-state index is 12.1. The zero-order valence-corrected chi connectivity index (χ0v) is 11.8. The Kier molecular flexibility index (Phi) is 4.25. The molecule has 1 amide bonds. The number of benzene rings is 1. The van der Waals surface area contributed by atoms with Gasteiger partial charge < -0.3 is 10.1 Å². The van der Waals surface area contributed by atoms with Crippen molar-refractivity contribution in [1.82, 2.24) is 5.32 Å². The van der Waals surface area contributed by atoms with Gasteiger partial charge in [0.25, 0.3) is 0 Å². The largest absolute Gasteiger partial charge is 0.496 e. The standard InChI is InChI=1S/C15H16F3NO2/c1-9-12(21-2)6-5-10-3-4-11(13(9)10)7-8-19-14(20)15(16,17)18/h5-7H,3-4,8H2,1-2H3,(H,19,20)/b11-7+. The average Bonchev–Trinajstić information content (AvgIpc) is 2.82. The number of hydrogen-bond donors (Lipinski definition) is 1. The molecular weight excluding hydrogens is 283 g/mol. The SMILES string of the molecule is COc1ccc2c(c1C)/C(=C/CNC(=O)C(F)(F)F)CC2. The van der Waals surface area contributed by atoms with Crippen LogP contribution in [0.3, 0.4) is 0 Å². The quantitative estimate of drug-likeness (QED) is 0.931. The number of alkyl halides is 3. The first-order valence-electron chi connectivity index (χ1n) is 6.55. The van der Waals surface area contributed by atoms with Crippen LogP contribution >= 0.6 is 0 Å². The zero-order chi connectivity index (χ0) is 15.6. The van der Waals surface area contributed by atoms with Crippen molar-refractivity contribution < 1.29 is 22.7 Å². The molecule has 1 aromatic carbocycles. The first kappa shape index (κ1) is 15.4. The Balaban J connectivity index is 2.15. The number of carbonyl (C=O) groups excluding carboxylic acids is 1. The van der Waals surface area contributed by atoms with Gasteiger partial charge >= 0.3 is 12.1 Å². The number of carbonyl (C=O) groups is 1. The molecule has 0 radical (unpaired) electrons. The van der Waals surface area contributed by atoms with Crippen LogP contribution in [0.1, 0.15) is 23.1 Å². The van der Waals surface area contributed by atoms with Crippen LogP contribution in [0.25, 0.3) is 5.57 Å². The molecule has 114 valence electrons. The molecule has 0 spiro atoms. The summed E-state index contributed by atoms with van der Waals surface area (Å²) in [7, 11) is 1.58. The Morgan fingerprint density at radius 2 is 2.10 bits per heavy atom. The second kappa shape index (κ2) is 5.79. The maximum atomic E-state index is 12.1. The molecular formula is C15H16F3NO2. The first-order chi connectivity index (χ1) is 9.84. The Morgan fingerprint density at radius 3 is 2.71 bits per heavy atom. The van der Waals surface area contributed by atoms with E-state index >= 15 is 0 Å². The van der Waals surface area contributed by atoms with Crippen LogP contribution < -0.4 is 10.1 Å². The molecule has 1 aliphatic carbocycles. The summed E-state index contributed by atoms with van der Waals surface area (Å²) in [6.45, 7) is 1.79. The number of hydrogen-bond acceptors (Lipinski definition) is 2. The van der Waals surface area contributed by atoms with Crippen LogP contribution in [0.2, 0.25) is 0 Å². The number of ether oxygens (including phenoxy) is 1. The number of methoxy groups -OCH3 is 1. The van der Waals surface area contributed by atoms with Gasteiger partial charge in [0.15, 0.2) is 0 Å². The fourth-order valence-corrected chi connectivity index (χ4v) is 2.59. The van der Waals surface area contributed by atoms with Crippen molar-refractivity contribution in [3.05, 3.63) is 34.9 Å². The van der Waals surface area contributed by atoms with Crippen molar-refractivity contribution in [2.24, 2.45) is 0 Å². The Hall–Kier alpha value is -1.98. The summed E-state index contributed by atoms with van der Waals surface area (Å²) in [4.78, 5) is 10.8. The van der Waals surface area contributed by atoms with Crippen LogP contribution in [0.15, 0.2) is 18.2 Å². The topological polar surface area (TPSA) is 38.3 Å². The zero-order valence-electron chi connectivity index (χ0n) is 11.8. The molecule has 0 unspecified atom stereocenters. The van der Waals surface area contributed by atoms with Crippen molar-refractivity contribution >= 4 is 11.5 Å². The van der Waals surface area contributed by atoms with E-state index in [2.05, 4.69) is 0 Å². The van der Waals surface area contributed by atoms with Gasteiger partial charge in [-0.2, -0.15) is 13.2 Å². The number of rotatable bonds is 3. The minimum Gasteiger partial charge on any atom is -0.496 e. The lowest BCUT2D eigenvalue weighted by atomic mass is 10.00. The minimum atomic E-state index is -4.84. The van der Waals surface area contributed by atoms with Crippen LogP contribution in [0.5, 0.6) is 5.75 Å². The molecule has 0 saturated heterocycles. The summed E-state index contributed by atoms with van der Waals surface area (Å²) in [5, 5.41) is 1.86. The van der Waals surface area contributed by atoms with E-state index < -0.39 is 12.1 Å². The molecule has 6 heteroatoms. The van der Waals surface area contributed by atoms with Crippen molar-refractivity contribution in [1.29, 1.82) is 0 Å². The highest BCUT2D eigenvalue weighted by atomic mass is 19.4. The highest BCUT2D eigenvalue weighted by molar-refractivity contribution is 5.82. The molecule has 0 heterocycles. The number of allylic oxidation sites excluding steroid dienone is 1. The van der Waals surface area contributed by atoms with E-state index in [1.165, 1.54) is 0 Å². The Labute approximate surface area is 120 Å². The minimum absolute atomic E-state index is 0.135. The summed E-state index contributed by atoms with van der Waals surface area (Å²) in [6, 6.07) is 3.86. The van der Waals surface area contributed by atoms with Gasteiger partial charge in [-0.15, -0.1) is 0 Å². The average molecular weight is 299 g/mol. The number of aryl methyl sites for hydroxylation is 1. The number of nitrogens with one attached hydrogen (secondary N) is 1. The lowest BCUT2D eigenvalue weighted by molar-refractivity contribution is -0.173. The van der Waals surface area contributed by atoms with Crippen LogP contribution in [-0.2, 0) is 11.2 Å². The highest BCUT2D eigenvalue weighted by Crippen LogP contribution is 2.38. The van der Waals surface area contributed by atoms with Crippen molar-refractivity contribution in [3.8, 4) is 5.75 Å². The van der Waals surface area contributed by atoms with Crippen molar-refractivity contribution in [2.75, 3.05) is 13.7 Å². The van der Waals surface area contributed by atoms with Gasteiger partial charge in [-0.1, -0.05) is 12.1 Å². The Morgan fingerprint density at radius 1 is 1.38 bits per heavy atom. The lowest BCUT2D eigenvalue weighted by Gasteiger charge is -2.11. The molecule has 0 fully saturated rings. The van der Waals surface area contributed by atoms with Gasteiger partial charge in [-0.05, 0) is 48.1 Å². The summed E-state index contributed by atoms with van der Waals surface area (Å²) in [6.07, 6.45) is -1.60. The maximum Gasteiger partial charge on any atom is 0.471 e. The van der Waals surface area contributed by atoms with Gasteiger partial charge in [0.1, 0.15) is 5.75 Å². The highest BCUT2D eigenvalue weighted by Gasteiger charge is 2.38. The summed E-state index contributed by atoms with van der Waals surface area (Å²) in [5.74, 6) is -1.17. The summed E-state index contributed by atoms with van der Waals surface area (Å²) >= 11 is 0. The van der Waals surface area contributed by atoms with E-state index in [-0.39, 0.29) is 6.54 Å². The second-order valence-corrected chi connectivity index (χ2v) is 4.86. The second-order valence-electron chi connectivity index (χ2n) is 4.86. The molecule has 1 N–H and O–H groups in total. The molecule has 2 rings (SSSR count). The molecule has 0 bridgehead atoms. The third-order valence-corrected chi connectivity index (χ3v) is 3.57. The van der Waals surface area contributed by atoms with Crippen molar-refractivity contribution in [2.45, 2.75) is 25.9 Å². The monoisotopic (exact) mass is 299 g/mol. The molecule has 1 aliphatic rings. The number of halogens is 3.